The number of hydrogen-bond donors (Lipinski definition) is 1. The van der Waals surface area contributed by atoms with Crippen molar-refractivity contribution in [3.05, 3.63) is 69.8 Å². The minimum Gasteiger partial charge on any atom is -0.390 e. The highest BCUT2D eigenvalue weighted by Gasteiger charge is 2.38. The third-order valence-corrected chi connectivity index (χ3v) is 6.49. The van der Waals surface area contributed by atoms with Crippen molar-refractivity contribution < 1.29 is 35.9 Å². The molecule has 1 aromatic heterocycles. The Hall–Kier alpha value is -4.14. The molecule has 0 atom stereocenters. The first-order valence-electron chi connectivity index (χ1n) is 11.1. The van der Waals surface area contributed by atoms with Gasteiger partial charge in [0.2, 0.25) is 0 Å². The van der Waals surface area contributed by atoms with Crippen LogP contribution in [0.4, 0.5) is 31.1 Å². The fourth-order valence-electron chi connectivity index (χ4n) is 3.78. The smallest absolute Gasteiger partial charge is 0.390 e. The van der Waals surface area contributed by atoms with Gasteiger partial charge in [0.25, 0.3) is 11.1 Å². The van der Waals surface area contributed by atoms with Crippen LogP contribution in [0.15, 0.2) is 57.5 Å². The molecule has 0 bridgehead atoms. The normalized spacial score (nSPS) is 16.2. The number of aliphatic imine (C=N–C) groups is 2. The molecule has 2 aromatic carbocycles. The Bertz CT molecular complexity index is 1510. The predicted molar refractivity (Wildman–Crippen MR) is 134 cm³/mol. The number of halogens is 6. The van der Waals surface area contributed by atoms with Gasteiger partial charge in [0.05, 0.1) is 47.2 Å². The Morgan fingerprint density at radius 3 is 2.49 bits per heavy atom. The SMILES string of the molecule is NC=NC=NCCN1C(=O)SC(=Cc2ccc3c(cnn3Cc3ccc(C(F)(F)F)cc3C(F)(F)F)c2)C1=O. The highest BCUT2D eigenvalue weighted by Crippen LogP contribution is 2.38. The maximum atomic E-state index is 13.5. The molecule has 2 N–H and O–H groups in total. The second-order valence-electron chi connectivity index (χ2n) is 8.14. The number of carbonyl (C=O) groups is 2. The molecule has 4 rings (SSSR count). The van der Waals surface area contributed by atoms with Gasteiger partial charge in [-0.3, -0.25) is 24.2 Å². The molecule has 0 spiro atoms. The van der Waals surface area contributed by atoms with E-state index >= 15 is 0 Å². The maximum absolute atomic E-state index is 13.5. The van der Waals surface area contributed by atoms with Crippen molar-refractivity contribution in [3.8, 4) is 0 Å². The van der Waals surface area contributed by atoms with E-state index in [1.54, 1.807) is 18.2 Å². The predicted octanol–water partition coefficient (Wildman–Crippen LogP) is 5.17. The number of nitrogens with two attached hydrogens (primary N) is 1. The number of benzene rings is 2. The first-order valence-corrected chi connectivity index (χ1v) is 11.9. The lowest BCUT2D eigenvalue weighted by Gasteiger charge is -2.16. The number of nitrogens with zero attached hydrogens (tertiary/aromatic N) is 5. The van der Waals surface area contributed by atoms with E-state index in [9.17, 15) is 35.9 Å². The maximum Gasteiger partial charge on any atom is 0.416 e. The number of carbonyl (C=O) groups excluding carboxylic acids is 2. The van der Waals surface area contributed by atoms with Crippen molar-refractivity contribution in [2.24, 2.45) is 15.7 Å². The number of fused-ring (bicyclic) bond motifs is 1. The van der Waals surface area contributed by atoms with Crippen LogP contribution in [0.1, 0.15) is 22.3 Å². The van der Waals surface area contributed by atoms with E-state index in [-0.39, 0.29) is 29.6 Å². The quantitative estimate of drug-likeness (QED) is 0.183. The second kappa shape index (κ2) is 10.9. The molecule has 0 unspecified atom stereocenters. The molecule has 2 heterocycles. The Balaban J connectivity index is 1.55. The van der Waals surface area contributed by atoms with Gasteiger partial charge in [-0.1, -0.05) is 12.1 Å². The van der Waals surface area contributed by atoms with Crippen molar-refractivity contribution in [3.63, 3.8) is 0 Å². The molecule has 0 radical (unpaired) electrons. The van der Waals surface area contributed by atoms with Gasteiger partial charge in [0, 0.05) is 11.9 Å². The lowest BCUT2D eigenvalue weighted by molar-refractivity contribution is -0.143. The number of alkyl halides is 6. The molecule has 39 heavy (non-hydrogen) atoms. The fourth-order valence-corrected chi connectivity index (χ4v) is 4.65. The first-order chi connectivity index (χ1) is 18.4. The molecule has 8 nitrogen and oxygen atoms in total. The molecule has 0 saturated carbocycles. The van der Waals surface area contributed by atoms with Crippen molar-refractivity contribution in [2.75, 3.05) is 13.1 Å². The van der Waals surface area contributed by atoms with Crippen molar-refractivity contribution in [2.45, 2.75) is 18.9 Å². The molecule has 1 aliphatic rings. The van der Waals surface area contributed by atoms with E-state index in [4.69, 9.17) is 5.73 Å². The van der Waals surface area contributed by atoms with E-state index in [2.05, 4.69) is 15.1 Å². The van der Waals surface area contributed by atoms with E-state index in [1.807, 2.05) is 0 Å². The summed E-state index contributed by atoms with van der Waals surface area (Å²) < 4.78 is 80.8. The highest BCUT2D eigenvalue weighted by molar-refractivity contribution is 8.18. The largest absolute Gasteiger partial charge is 0.416 e. The molecule has 3 aromatic rings. The Labute approximate surface area is 220 Å². The number of aromatic nitrogens is 2. The zero-order valence-electron chi connectivity index (χ0n) is 19.7. The van der Waals surface area contributed by atoms with Crippen LogP contribution in [0, 0.1) is 0 Å². The third-order valence-electron chi connectivity index (χ3n) is 5.59. The topological polar surface area (TPSA) is 106 Å². The molecule has 1 fully saturated rings. The molecule has 0 aliphatic carbocycles. The standard InChI is InChI=1S/C24H18F6N6O2S/c25-23(26,27)17-3-2-15(18(9-17)24(28,29)30)11-36-19-4-1-14(7-16(19)10-34-36)8-20-21(37)35(22(38)39-20)6-5-32-13-33-12-31/h1-4,7-10,12-13H,5-6,11H2,(H2,31,32,33). The van der Waals surface area contributed by atoms with Crippen LogP contribution in [0.2, 0.25) is 0 Å². The average molecular weight is 569 g/mol. The Morgan fingerprint density at radius 2 is 1.79 bits per heavy atom. The zero-order chi connectivity index (χ0) is 28.4. The van der Waals surface area contributed by atoms with Gasteiger partial charge >= 0.3 is 12.4 Å². The first kappa shape index (κ1) is 27.9. The molecular weight excluding hydrogens is 550 g/mol. The lowest BCUT2D eigenvalue weighted by atomic mass is 10.0. The number of thioether (sulfide) groups is 1. The van der Waals surface area contributed by atoms with Crippen molar-refractivity contribution in [1.82, 2.24) is 14.7 Å². The summed E-state index contributed by atoms with van der Waals surface area (Å²) in [5.41, 5.74) is 2.87. The van der Waals surface area contributed by atoms with Crippen LogP contribution in [0.25, 0.3) is 17.0 Å². The lowest BCUT2D eigenvalue weighted by Crippen LogP contribution is -2.30. The fraction of sp³-hybridized carbons (Fsp3) is 0.208. The van der Waals surface area contributed by atoms with Crippen LogP contribution >= 0.6 is 11.8 Å². The summed E-state index contributed by atoms with van der Waals surface area (Å²) in [6.07, 6.45) is -4.79. The van der Waals surface area contributed by atoms with Crippen LogP contribution in [0.5, 0.6) is 0 Å². The number of rotatable bonds is 7. The molecule has 1 aliphatic heterocycles. The second-order valence-corrected chi connectivity index (χ2v) is 9.13. The highest BCUT2D eigenvalue weighted by atomic mass is 32.2. The molecule has 1 saturated heterocycles. The Morgan fingerprint density at radius 1 is 1.03 bits per heavy atom. The van der Waals surface area contributed by atoms with E-state index in [0.717, 1.165) is 29.1 Å². The zero-order valence-corrected chi connectivity index (χ0v) is 20.5. The van der Waals surface area contributed by atoms with Gasteiger partial charge in [-0.15, -0.1) is 0 Å². The van der Waals surface area contributed by atoms with Gasteiger partial charge in [-0.25, -0.2) is 4.99 Å². The molecule has 204 valence electrons. The summed E-state index contributed by atoms with van der Waals surface area (Å²) in [5.74, 6) is -0.500. The average Bonchev–Trinajstić information content (AvgIpc) is 3.37. The van der Waals surface area contributed by atoms with Gasteiger partial charge in [-0.2, -0.15) is 31.4 Å². The summed E-state index contributed by atoms with van der Waals surface area (Å²) in [4.78, 5) is 33.6. The number of imide groups is 1. The van der Waals surface area contributed by atoms with E-state index < -0.39 is 41.2 Å². The van der Waals surface area contributed by atoms with Crippen LogP contribution in [0.3, 0.4) is 0 Å². The monoisotopic (exact) mass is 568 g/mol. The molecule has 2 amide bonds. The van der Waals surface area contributed by atoms with Gasteiger partial charge < -0.3 is 5.73 Å². The van der Waals surface area contributed by atoms with Gasteiger partial charge in [0.1, 0.15) is 6.34 Å². The third kappa shape index (κ3) is 6.30. The molecular formula is C24H18F6N6O2S. The Kier molecular flexibility index (Phi) is 7.81. The number of amides is 2. The van der Waals surface area contributed by atoms with Gasteiger partial charge in [-0.05, 0) is 53.2 Å². The van der Waals surface area contributed by atoms with Crippen LogP contribution < -0.4 is 5.73 Å². The minimum absolute atomic E-state index is 0.0499. The van der Waals surface area contributed by atoms with E-state index in [0.29, 0.717) is 22.5 Å². The van der Waals surface area contributed by atoms with Gasteiger partial charge in [0.15, 0.2) is 0 Å². The number of hydrogen-bond acceptors (Lipinski definition) is 5. The summed E-state index contributed by atoms with van der Waals surface area (Å²) in [6, 6.07) is 6.25. The van der Waals surface area contributed by atoms with Crippen LogP contribution in [-0.4, -0.2) is 51.6 Å². The van der Waals surface area contributed by atoms with Crippen molar-refractivity contribution in [1.29, 1.82) is 0 Å². The summed E-state index contributed by atoms with van der Waals surface area (Å²) in [5, 5.41) is 4.14. The van der Waals surface area contributed by atoms with Crippen LogP contribution in [-0.2, 0) is 23.7 Å². The summed E-state index contributed by atoms with van der Waals surface area (Å²) in [7, 11) is 0. The summed E-state index contributed by atoms with van der Waals surface area (Å²) in [6.45, 7) is -0.231. The molecule has 15 heteroatoms. The minimum atomic E-state index is -5.00. The summed E-state index contributed by atoms with van der Waals surface area (Å²) >= 11 is 0.754. The van der Waals surface area contributed by atoms with E-state index in [1.165, 1.54) is 23.3 Å². The van der Waals surface area contributed by atoms with Crippen molar-refractivity contribution >= 4 is 52.6 Å².